The molecule has 81 heavy (non-hydrogen) atoms. The van der Waals surface area contributed by atoms with Gasteiger partial charge in [-0.1, -0.05) is 91.0 Å². The monoisotopic (exact) mass is 1190 g/mol. The summed E-state index contributed by atoms with van der Waals surface area (Å²) in [6, 6.07) is 30.1. The Morgan fingerprint density at radius 2 is 1.02 bits per heavy atom. The maximum Gasteiger partial charge on any atom is 0.410 e. The van der Waals surface area contributed by atoms with Crippen molar-refractivity contribution in [3.8, 4) is 12.0 Å². The van der Waals surface area contributed by atoms with E-state index in [-0.39, 0.29) is 84.8 Å². The second kappa shape index (κ2) is 31.2. The van der Waals surface area contributed by atoms with Crippen LogP contribution in [0.1, 0.15) is 80.1 Å². The number of benzene rings is 3. The van der Waals surface area contributed by atoms with Crippen LogP contribution in [0.4, 0.5) is 40.2 Å². The van der Waals surface area contributed by atoms with Crippen LogP contribution in [0, 0.1) is 17.5 Å². The molecule has 2 amide bonds. The highest BCUT2D eigenvalue weighted by molar-refractivity contribution is 7.87. The predicted molar refractivity (Wildman–Crippen MR) is 310 cm³/mol. The van der Waals surface area contributed by atoms with Gasteiger partial charge < -0.3 is 50.6 Å². The lowest BCUT2D eigenvalue weighted by molar-refractivity contribution is 0.00945. The molecule has 3 fully saturated rings. The first kappa shape index (κ1) is 66.5. The zero-order chi connectivity index (χ0) is 57.2. The number of aliphatic hydroxyl groups excluding tert-OH is 1. The van der Waals surface area contributed by atoms with E-state index in [0.29, 0.717) is 51.9 Å². The number of aliphatic hydroxyl groups is 1. The zero-order valence-electron chi connectivity index (χ0n) is 46.0. The number of hydrogen-bond acceptors (Lipinski definition) is 17. The van der Waals surface area contributed by atoms with Crippen LogP contribution in [0.3, 0.4) is 0 Å². The number of halogens is 5. The molecule has 3 aromatic heterocycles. The molecule has 0 unspecified atom stereocenters. The van der Waals surface area contributed by atoms with Gasteiger partial charge in [0.05, 0.1) is 31.7 Å². The van der Waals surface area contributed by atoms with E-state index in [4.69, 9.17) is 35.2 Å². The molecule has 440 valence electrons. The van der Waals surface area contributed by atoms with Gasteiger partial charge in [-0.3, -0.25) is 4.98 Å². The third-order valence-electron chi connectivity index (χ3n) is 11.9. The standard InChI is InChI=1S/C32H34FN4O3P.C10H19NO3.C9H13FN4O.C4H4FN3O.2ClH/c1-32(2,3)40-31(38)37-21-19-24(20-22-37)39-30-34-23-28(33)29(35-30)36-41(25-13-7-4-8-14-25,26-15-9-5-10-16-26)27-17-11-6-12-18-27;1-10(2,3)14-9(13)11-6-4-8(12)5-7-11;10-7-5-13-9(14-8(7)11)15-6-1-3-12-4-2-6;5-2-1-7-4(9)8-3(2)6;;/h4-18,23-24H,19-22H2,1-3H3;8,12H,4-7H2,1-3H3;5-6,12H,1-4H2,(H2,11,13,14);1H,(H3,6,7,8,9);2*1H. The molecule has 26 heteroatoms. The molecule has 0 bridgehead atoms. The lowest BCUT2D eigenvalue weighted by atomic mass is 10.1. The summed E-state index contributed by atoms with van der Waals surface area (Å²) in [6.45, 7) is 15.1. The van der Waals surface area contributed by atoms with Gasteiger partial charge in [0.1, 0.15) is 29.2 Å². The Kier molecular flexibility index (Phi) is 25.6. The minimum atomic E-state index is -2.72. The zero-order valence-corrected chi connectivity index (χ0v) is 48.6. The van der Waals surface area contributed by atoms with Crippen molar-refractivity contribution in [2.75, 3.05) is 50.7 Å². The van der Waals surface area contributed by atoms with Gasteiger partial charge in [0.15, 0.2) is 29.1 Å². The molecular weight excluding hydrogens is 1120 g/mol. The lowest BCUT2D eigenvalue weighted by Gasteiger charge is -2.33. The first-order valence-electron chi connectivity index (χ1n) is 25.9. The number of piperidine rings is 3. The number of H-pyrrole nitrogens is 1. The van der Waals surface area contributed by atoms with Gasteiger partial charge in [0, 0.05) is 54.9 Å². The predicted octanol–water partition coefficient (Wildman–Crippen LogP) is 8.24. The Morgan fingerprint density at radius 1 is 0.617 bits per heavy atom. The molecule has 0 atom stereocenters. The number of aromatic amines is 1. The van der Waals surface area contributed by atoms with Crippen LogP contribution in [0.5, 0.6) is 12.0 Å². The van der Waals surface area contributed by atoms with Crippen molar-refractivity contribution < 1.29 is 46.8 Å². The number of likely N-dealkylation sites (tertiary alicyclic amines) is 2. The number of amides is 2. The molecule has 0 spiro atoms. The number of nitrogens with zero attached hydrogens (tertiary/aromatic N) is 8. The summed E-state index contributed by atoms with van der Waals surface area (Å²) >= 11 is 0. The van der Waals surface area contributed by atoms with E-state index in [1.54, 1.807) is 9.80 Å². The van der Waals surface area contributed by atoms with Gasteiger partial charge in [0.25, 0.3) is 0 Å². The quantitative estimate of drug-likeness (QED) is 0.0898. The highest BCUT2D eigenvalue weighted by atomic mass is 35.5. The smallest absolute Gasteiger partial charge is 0.410 e. The van der Waals surface area contributed by atoms with E-state index >= 15 is 4.39 Å². The molecule has 3 saturated heterocycles. The van der Waals surface area contributed by atoms with Crippen molar-refractivity contribution in [2.24, 2.45) is 4.74 Å². The molecule has 0 aliphatic carbocycles. The minimum Gasteiger partial charge on any atom is -0.460 e. The number of aromatic nitrogens is 6. The fraction of sp³-hybridized carbons (Fsp3) is 0.418. The van der Waals surface area contributed by atoms with Crippen molar-refractivity contribution in [2.45, 2.75) is 110 Å². The number of nitrogen functional groups attached to an aromatic ring is 2. The molecule has 6 aromatic rings. The number of nitrogens with two attached hydrogens (primary N) is 2. The first-order valence-corrected chi connectivity index (χ1v) is 27.6. The number of hydrogen-bond donors (Lipinski definition) is 5. The normalized spacial score (nSPS) is 15.0. The van der Waals surface area contributed by atoms with Crippen LogP contribution in [0.25, 0.3) is 0 Å². The van der Waals surface area contributed by atoms with Gasteiger partial charge >= 0.3 is 29.9 Å². The van der Waals surface area contributed by atoms with Crippen molar-refractivity contribution >= 4 is 77.4 Å². The summed E-state index contributed by atoms with van der Waals surface area (Å²) in [6.07, 6.45) is 6.21. The van der Waals surface area contributed by atoms with Crippen LogP contribution < -0.4 is 47.9 Å². The third kappa shape index (κ3) is 20.8. The highest BCUT2D eigenvalue weighted by Crippen LogP contribution is 2.49. The van der Waals surface area contributed by atoms with E-state index < -0.39 is 41.4 Å². The van der Waals surface area contributed by atoms with Gasteiger partial charge in [-0.15, -0.1) is 24.8 Å². The molecule has 3 aromatic carbocycles. The SMILES string of the molecule is CC(C)(C)OC(=O)N1CCC(O)CC1.CC(C)(C)OC(=O)N1CCC(Oc2ncc(F)c(N=P(c3ccccc3)(c3ccccc3)c3ccccc3)n2)CC1.Cl.Cl.Nc1[nH]c(=O)ncc1F.Nc1nc(OC2CCNCC2)ncc1F. The highest BCUT2D eigenvalue weighted by Gasteiger charge is 2.31. The molecule has 7 N–H and O–H groups in total. The first-order chi connectivity index (χ1) is 37.6. The fourth-order valence-corrected chi connectivity index (χ4v) is 11.5. The van der Waals surface area contributed by atoms with Gasteiger partial charge in [-0.25, -0.2) is 42.3 Å². The summed E-state index contributed by atoms with van der Waals surface area (Å²) in [7, 11) is -2.72. The molecule has 3 aliphatic heterocycles. The molecular formula is C55H72Cl2F3N12O8P. The lowest BCUT2D eigenvalue weighted by Crippen LogP contribution is -2.44. The van der Waals surface area contributed by atoms with Crippen molar-refractivity contribution in [1.82, 2.24) is 45.0 Å². The minimum absolute atomic E-state index is 0. The second-order valence-electron chi connectivity index (χ2n) is 20.5. The number of rotatable bonds is 8. The fourth-order valence-electron chi connectivity index (χ4n) is 8.04. The number of anilines is 2. The third-order valence-corrected chi connectivity index (χ3v) is 15.5. The van der Waals surface area contributed by atoms with E-state index in [1.807, 2.05) is 138 Å². The maximum atomic E-state index is 15.4. The van der Waals surface area contributed by atoms with Crippen LogP contribution in [-0.4, -0.2) is 126 Å². The molecule has 0 radical (unpaired) electrons. The molecule has 6 heterocycles. The summed E-state index contributed by atoms with van der Waals surface area (Å²) in [5, 5.41) is 15.4. The Hall–Kier alpha value is -7.04. The Bertz CT molecular complexity index is 2920. The van der Waals surface area contributed by atoms with E-state index in [0.717, 1.165) is 60.4 Å². The number of ether oxygens (including phenoxy) is 4. The second-order valence-corrected chi connectivity index (χ2v) is 23.5. The largest absolute Gasteiger partial charge is 0.460 e. The summed E-state index contributed by atoms with van der Waals surface area (Å²) < 4.78 is 67.7. The van der Waals surface area contributed by atoms with E-state index in [1.165, 1.54) is 0 Å². The molecule has 0 saturated carbocycles. The number of carbonyl (C=O) groups excluding carboxylic acids is 2. The van der Waals surface area contributed by atoms with Gasteiger partial charge in [-0.2, -0.15) is 15.0 Å². The number of carbonyl (C=O) groups is 2. The molecule has 20 nitrogen and oxygen atoms in total. The number of nitrogens with one attached hydrogen (secondary N) is 2. The van der Waals surface area contributed by atoms with Crippen LogP contribution >= 0.6 is 31.9 Å². The summed E-state index contributed by atoms with van der Waals surface area (Å²) in [4.78, 5) is 58.6. The topological polar surface area (TPSA) is 272 Å². The van der Waals surface area contributed by atoms with Crippen LogP contribution in [0.2, 0.25) is 0 Å². The van der Waals surface area contributed by atoms with Crippen molar-refractivity contribution in [3.05, 3.63) is 138 Å². The van der Waals surface area contributed by atoms with Crippen molar-refractivity contribution in [3.63, 3.8) is 0 Å². The molecule has 3 aliphatic rings. The summed E-state index contributed by atoms with van der Waals surface area (Å²) in [5.74, 6) is -2.46. The van der Waals surface area contributed by atoms with E-state index in [9.17, 15) is 28.3 Å². The summed E-state index contributed by atoms with van der Waals surface area (Å²) in [5.41, 5.74) is 8.62. The van der Waals surface area contributed by atoms with Gasteiger partial charge in [-0.05, 0) is 80.3 Å². The Morgan fingerprint density at radius 3 is 1.44 bits per heavy atom. The Labute approximate surface area is 481 Å². The molecule has 9 rings (SSSR count). The Balaban J connectivity index is 0.000000286. The van der Waals surface area contributed by atoms with Crippen molar-refractivity contribution in [1.29, 1.82) is 0 Å². The average Bonchev–Trinajstić information content (AvgIpc) is 3.52. The van der Waals surface area contributed by atoms with Crippen LogP contribution in [0.15, 0.2) is 119 Å². The average molecular weight is 1190 g/mol. The maximum absolute atomic E-state index is 15.4. The van der Waals surface area contributed by atoms with Gasteiger partial charge in [0.2, 0.25) is 0 Å². The van der Waals surface area contributed by atoms with Crippen LogP contribution in [-0.2, 0) is 9.47 Å². The van der Waals surface area contributed by atoms with E-state index in [2.05, 4.69) is 30.2 Å².